The number of hydrogen-bond donors (Lipinski definition) is 2. The first-order valence-electron chi connectivity index (χ1n) is 6.32. The van der Waals surface area contributed by atoms with Gasteiger partial charge in [0, 0.05) is 13.6 Å². The number of amides is 1. The van der Waals surface area contributed by atoms with Crippen LogP contribution in [0.2, 0.25) is 0 Å². The summed E-state index contributed by atoms with van der Waals surface area (Å²) in [5, 5.41) is 8.88. The van der Waals surface area contributed by atoms with Crippen molar-refractivity contribution in [2.75, 3.05) is 12.5 Å². The van der Waals surface area contributed by atoms with E-state index in [0.29, 0.717) is 23.6 Å². The van der Waals surface area contributed by atoms with Gasteiger partial charge < -0.3 is 10.3 Å². The predicted molar refractivity (Wildman–Crippen MR) is 79.0 cm³/mol. The summed E-state index contributed by atoms with van der Waals surface area (Å²) in [4.78, 5) is 18.0. The number of pyridine rings is 1. The van der Waals surface area contributed by atoms with E-state index in [-0.39, 0.29) is 5.91 Å². The second-order valence-corrected chi connectivity index (χ2v) is 4.53. The van der Waals surface area contributed by atoms with E-state index in [1.165, 1.54) is 0 Å². The molecule has 0 saturated carbocycles. The van der Waals surface area contributed by atoms with Crippen LogP contribution in [0.25, 0.3) is 0 Å². The van der Waals surface area contributed by atoms with Crippen molar-refractivity contribution in [1.82, 2.24) is 9.88 Å². The van der Waals surface area contributed by atoms with Crippen LogP contribution < -0.4 is 11.3 Å². The molecule has 0 saturated heterocycles. The van der Waals surface area contributed by atoms with Crippen molar-refractivity contribution in [3.8, 4) is 6.07 Å². The highest BCUT2D eigenvalue weighted by Crippen LogP contribution is 2.10. The number of benzene rings is 1. The van der Waals surface area contributed by atoms with Crippen molar-refractivity contribution < 1.29 is 4.79 Å². The molecule has 0 atom stereocenters. The Morgan fingerprint density at radius 1 is 1.38 bits per heavy atom. The lowest BCUT2D eigenvalue weighted by molar-refractivity contribution is 0.0779. The van der Waals surface area contributed by atoms with E-state index in [1.54, 1.807) is 48.3 Å². The third-order valence-electron chi connectivity index (χ3n) is 2.94. The summed E-state index contributed by atoms with van der Waals surface area (Å²) in [5.41, 5.74) is 4.17. The van der Waals surface area contributed by atoms with Gasteiger partial charge in [0.2, 0.25) is 0 Å². The highest BCUT2D eigenvalue weighted by atomic mass is 16.2. The number of hydrogen-bond acceptors (Lipinski definition) is 5. The second kappa shape index (κ2) is 6.50. The highest BCUT2D eigenvalue weighted by molar-refractivity contribution is 5.92. The van der Waals surface area contributed by atoms with Crippen molar-refractivity contribution in [3.63, 3.8) is 0 Å². The molecule has 0 unspecified atom stereocenters. The summed E-state index contributed by atoms with van der Waals surface area (Å²) in [6, 6.07) is 14.2. The third kappa shape index (κ3) is 3.55. The van der Waals surface area contributed by atoms with Gasteiger partial charge in [0.25, 0.3) is 5.91 Å². The van der Waals surface area contributed by atoms with Crippen LogP contribution in [0.1, 0.15) is 21.6 Å². The summed E-state index contributed by atoms with van der Waals surface area (Å²) >= 11 is 0. The Morgan fingerprint density at radius 3 is 2.86 bits per heavy atom. The van der Waals surface area contributed by atoms with Gasteiger partial charge in [-0.1, -0.05) is 18.2 Å². The fourth-order valence-electron chi connectivity index (χ4n) is 1.91. The Bertz CT molecular complexity index is 692. The zero-order valence-corrected chi connectivity index (χ0v) is 11.6. The van der Waals surface area contributed by atoms with Crippen LogP contribution in [-0.4, -0.2) is 22.8 Å². The molecule has 0 spiro atoms. The average molecular weight is 281 g/mol. The van der Waals surface area contributed by atoms with Gasteiger partial charge >= 0.3 is 0 Å². The van der Waals surface area contributed by atoms with Crippen LogP contribution in [0.15, 0.2) is 42.5 Å². The Labute approximate surface area is 122 Å². The van der Waals surface area contributed by atoms with Gasteiger partial charge in [0.15, 0.2) is 0 Å². The van der Waals surface area contributed by atoms with Gasteiger partial charge in [-0.25, -0.2) is 10.8 Å². The molecular weight excluding hydrogens is 266 g/mol. The Kier molecular flexibility index (Phi) is 4.49. The van der Waals surface area contributed by atoms with Gasteiger partial charge in [0.1, 0.15) is 11.5 Å². The van der Waals surface area contributed by atoms with E-state index < -0.39 is 0 Å². The summed E-state index contributed by atoms with van der Waals surface area (Å²) in [6.45, 7) is 0.399. The molecule has 0 aliphatic heterocycles. The van der Waals surface area contributed by atoms with Crippen molar-refractivity contribution in [3.05, 3.63) is 59.3 Å². The van der Waals surface area contributed by atoms with Crippen LogP contribution in [0.4, 0.5) is 5.82 Å². The largest absolute Gasteiger partial charge is 0.336 e. The van der Waals surface area contributed by atoms with Crippen LogP contribution in [0, 0.1) is 11.3 Å². The molecule has 0 fully saturated rings. The first-order valence-corrected chi connectivity index (χ1v) is 6.32. The first-order chi connectivity index (χ1) is 10.1. The molecule has 106 valence electrons. The first kappa shape index (κ1) is 14.5. The number of anilines is 1. The lowest BCUT2D eigenvalue weighted by atomic mass is 10.1. The molecule has 6 heteroatoms. The van der Waals surface area contributed by atoms with E-state index in [0.717, 1.165) is 5.56 Å². The molecule has 0 radical (unpaired) electrons. The zero-order valence-electron chi connectivity index (χ0n) is 11.6. The Balaban J connectivity index is 2.13. The maximum absolute atomic E-state index is 12.3. The molecule has 2 aromatic rings. The lowest BCUT2D eigenvalue weighted by Crippen LogP contribution is -2.27. The number of nitrogen functional groups attached to an aromatic ring is 1. The summed E-state index contributed by atoms with van der Waals surface area (Å²) in [6.07, 6.45) is 0. The standard InChI is InChI=1S/C15H15N5O/c1-20(10-12-5-2-4-11(8-12)9-16)15(21)13-6-3-7-14(18-13)19-17/h2-8H,10,17H2,1H3,(H,18,19). The number of carbonyl (C=O) groups excluding carboxylic acids is 1. The van der Waals surface area contributed by atoms with E-state index in [4.69, 9.17) is 11.1 Å². The van der Waals surface area contributed by atoms with Gasteiger partial charge in [-0.15, -0.1) is 0 Å². The van der Waals surface area contributed by atoms with Crippen molar-refractivity contribution in [2.45, 2.75) is 6.54 Å². The van der Waals surface area contributed by atoms with Gasteiger partial charge in [0.05, 0.1) is 11.6 Å². The van der Waals surface area contributed by atoms with Crippen LogP contribution >= 0.6 is 0 Å². The number of hydrazine groups is 1. The quantitative estimate of drug-likeness (QED) is 0.654. The fourth-order valence-corrected chi connectivity index (χ4v) is 1.91. The number of nitrogens with one attached hydrogen (secondary N) is 1. The number of nitrogens with zero attached hydrogens (tertiary/aromatic N) is 3. The highest BCUT2D eigenvalue weighted by Gasteiger charge is 2.14. The molecule has 1 aromatic carbocycles. The Hall–Kier alpha value is -2.91. The van der Waals surface area contributed by atoms with Crippen LogP contribution in [-0.2, 0) is 6.54 Å². The molecule has 1 aromatic heterocycles. The van der Waals surface area contributed by atoms with E-state index in [2.05, 4.69) is 16.5 Å². The van der Waals surface area contributed by atoms with Crippen molar-refractivity contribution >= 4 is 11.7 Å². The van der Waals surface area contributed by atoms with Crippen LogP contribution in [0.5, 0.6) is 0 Å². The molecular formula is C15H15N5O. The molecule has 0 bridgehead atoms. The topological polar surface area (TPSA) is 95.0 Å². The lowest BCUT2D eigenvalue weighted by Gasteiger charge is -2.17. The molecule has 3 N–H and O–H groups in total. The van der Waals surface area contributed by atoms with E-state index in [1.807, 2.05) is 6.07 Å². The monoisotopic (exact) mass is 281 g/mol. The second-order valence-electron chi connectivity index (χ2n) is 4.53. The third-order valence-corrected chi connectivity index (χ3v) is 2.94. The van der Waals surface area contributed by atoms with Gasteiger partial charge in [-0.05, 0) is 29.8 Å². The molecule has 2 rings (SSSR count). The normalized spacial score (nSPS) is 9.76. The van der Waals surface area contributed by atoms with E-state index >= 15 is 0 Å². The summed E-state index contributed by atoms with van der Waals surface area (Å²) < 4.78 is 0. The molecule has 1 amide bonds. The molecule has 0 aliphatic rings. The maximum Gasteiger partial charge on any atom is 0.272 e. The number of carbonyl (C=O) groups is 1. The summed E-state index contributed by atoms with van der Waals surface area (Å²) in [7, 11) is 1.69. The van der Waals surface area contributed by atoms with E-state index in [9.17, 15) is 4.79 Å². The molecule has 0 aliphatic carbocycles. The van der Waals surface area contributed by atoms with Gasteiger partial charge in [-0.2, -0.15) is 5.26 Å². The minimum absolute atomic E-state index is 0.213. The van der Waals surface area contributed by atoms with Crippen molar-refractivity contribution in [2.24, 2.45) is 5.84 Å². The van der Waals surface area contributed by atoms with Crippen molar-refractivity contribution in [1.29, 1.82) is 5.26 Å². The number of nitriles is 1. The number of nitrogens with two attached hydrogens (primary N) is 1. The van der Waals surface area contributed by atoms with Crippen LogP contribution in [0.3, 0.4) is 0 Å². The Morgan fingerprint density at radius 2 is 2.14 bits per heavy atom. The minimum atomic E-state index is -0.213. The smallest absolute Gasteiger partial charge is 0.272 e. The SMILES string of the molecule is CN(Cc1cccc(C#N)c1)C(=O)c1cccc(NN)n1. The average Bonchev–Trinajstić information content (AvgIpc) is 2.54. The van der Waals surface area contributed by atoms with Gasteiger partial charge in [-0.3, -0.25) is 4.79 Å². The predicted octanol–water partition coefficient (Wildman–Crippen LogP) is 1.51. The zero-order chi connectivity index (χ0) is 15.2. The maximum atomic E-state index is 12.3. The fraction of sp³-hybridized carbons (Fsp3) is 0.133. The molecule has 6 nitrogen and oxygen atoms in total. The number of rotatable bonds is 4. The minimum Gasteiger partial charge on any atom is -0.336 e. The number of aromatic nitrogens is 1. The summed E-state index contributed by atoms with van der Waals surface area (Å²) in [5.74, 6) is 5.50. The molecule has 21 heavy (non-hydrogen) atoms. The molecule has 1 heterocycles.